The van der Waals surface area contributed by atoms with Crippen molar-refractivity contribution in [1.29, 1.82) is 0 Å². The van der Waals surface area contributed by atoms with Gasteiger partial charge in [-0.2, -0.15) is 0 Å². The van der Waals surface area contributed by atoms with Crippen molar-refractivity contribution in [3.63, 3.8) is 0 Å². The van der Waals surface area contributed by atoms with Crippen molar-refractivity contribution < 1.29 is 8.42 Å². The summed E-state index contributed by atoms with van der Waals surface area (Å²) in [5.41, 5.74) is 0.616. The van der Waals surface area contributed by atoms with E-state index in [1.165, 1.54) is 4.88 Å². The fourth-order valence-electron chi connectivity index (χ4n) is 2.71. The Hall–Kier alpha value is -0.460. The van der Waals surface area contributed by atoms with E-state index in [-0.39, 0.29) is 17.5 Å². The molecule has 1 fully saturated rings. The third kappa shape index (κ3) is 3.01. The van der Waals surface area contributed by atoms with Gasteiger partial charge in [-0.3, -0.25) is 0 Å². The van der Waals surface area contributed by atoms with Crippen LogP contribution in [0.15, 0.2) is 0 Å². The smallest absolute Gasteiger partial charge is 0.152 e. The van der Waals surface area contributed by atoms with E-state index in [0.717, 1.165) is 17.1 Å². The number of aryl methyl sites for hydroxylation is 2. The first-order valence-electron chi connectivity index (χ1n) is 6.73. The van der Waals surface area contributed by atoms with E-state index >= 15 is 0 Å². The summed E-state index contributed by atoms with van der Waals surface area (Å²) in [5, 5.41) is 4.40. The number of nitrogens with zero attached hydrogens (tertiary/aromatic N) is 1. The molecule has 0 spiro atoms. The summed E-state index contributed by atoms with van der Waals surface area (Å²) in [5.74, 6) is 0.432. The maximum atomic E-state index is 11.9. The van der Waals surface area contributed by atoms with Crippen LogP contribution < -0.4 is 5.32 Å². The van der Waals surface area contributed by atoms with Crippen LogP contribution in [-0.2, 0) is 21.8 Å². The van der Waals surface area contributed by atoms with E-state index in [2.05, 4.69) is 19.2 Å². The average molecular weight is 302 g/mol. The number of rotatable bonds is 4. The highest BCUT2D eigenvalue weighted by molar-refractivity contribution is 7.91. The Morgan fingerprint density at radius 3 is 2.58 bits per heavy atom. The second-order valence-corrected chi connectivity index (χ2v) is 8.99. The van der Waals surface area contributed by atoms with Gasteiger partial charge in [0.2, 0.25) is 0 Å². The molecule has 0 saturated carbocycles. The fourth-order valence-corrected chi connectivity index (χ4v) is 5.90. The number of aromatic nitrogens is 1. The van der Waals surface area contributed by atoms with E-state index in [1.54, 1.807) is 11.3 Å². The quantitative estimate of drug-likeness (QED) is 0.924. The Labute approximate surface area is 119 Å². The highest BCUT2D eigenvalue weighted by atomic mass is 32.2. The molecular weight excluding hydrogens is 280 g/mol. The van der Waals surface area contributed by atoms with Crippen LogP contribution in [-0.4, -0.2) is 30.9 Å². The zero-order chi connectivity index (χ0) is 14.3. The molecule has 6 heteroatoms. The number of hydrogen-bond acceptors (Lipinski definition) is 5. The van der Waals surface area contributed by atoms with Crippen molar-refractivity contribution in [2.75, 3.05) is 11.5 Å². The Balaban J connectivity index is 2.43. The Bertz CT molecular complexity index is 563. The highest BCUT2D eigenvalue weighted by Gasteiger charge is 2.46. The Kier molecular flexibility index (Phi) is 4.05. The molecule has 1 aromatic heterocycles. The molecule has 1 aliphatic heterocycles. The third-order valence-electron chi connectivity index (χ3n) is 3.51. The van der Waals surface area contributed by atoms with E-state index in [0.29, 0.717) is 6.42 Å². The van der Waals surface area contributed by atoms with Gasteiger partial charge in [0.05, 0.1) is 22.7 Å². The van der Waals surface area contributed by atoms with Crippen molar-refractivity contribution in [1.82, 2.24) is 10.3 Å². The summed E-state index contributed by atoms with van der Waals surface area (Å²) in [6.45, 7) is 8.24. The first kappa shape index (κ1) is 14.9. The fraction of sp³-hybridized carbons (Fsp3) is 0.769. The molecule has 0 bridgehead atoms. The second kappa shape index (κ2) is 5.14. The van der Waals surface area contributed by atoms with Crippen molar-refractivity contribution >= 4 is 21.2 Å². The van der Waals surface area contributed by atoms with Gasteiger partial charge in [-0.05, 0) is 33.6 Å². The molecule has 0 aromatic carbocycles. The molecule has 1 aromatic rings. The lowest BCUT2D eigenvalue weighted by Crippen LogP contribution is -2.47. The molecule has 2 rings (SSSR count). The van der Waals surface area contributed by atoms with Crippen LogP contribution in [0.3, 0.4) is 0 Å². The number of nitrogens with one attached hydrogen (secondary N) is 1. The minimum absolute atomic E-state index is 0.175. The molecule has 1 aliphatic rings. The summed E-state index contributed by atoms with van der Waals surface area (Å²) >= 11 is 1.64. The van der Waals surface area contributed by atoms with Crippen LogP contribution in [0.5, 0.6) is 0 Å². The Morgan fingerprint density at radius 1 is 1.47 bits per heavy atom. The maximum Gasteiger partial charge on any atom is 0.152 e. The molecule has 0 amide bonds. The van der Waals surface area contributed by atoms with E-state index in [1.807, 2.05) is 13.8 Å². The topological polar surface area (TPSA) is 59.1 Å². The van der Waals surface area contributed by atoms with Gasteiger partial charge in [0.15, 0.2) is 9.84 Å². The minimum Gasteiger partial charge on any atom is -0.302 e. The standard InChI is InChI=1S/C13H22N2O2S2/c1-5-11-10(4)18-12(14-11)13(15-9(2)3)6-7-19(16,17)8-13/h9,15H,5-8H2,1-4H3. The zero-order valence-electron chi connectivity index (χ0n) is 12.0. The van der Waals surface area contributed by atoms with Crippen LogP contribution in [0, 0.1) is 6.92 Å². The Morgan fingerprint density at radius 2 is 2.16 bits per heavy atom. The molecule has 1 N–H and O–H groups in total. The molecule has 1 atom stereocenters. The lowest BCUT2D eigenvalue weighted by molar-refractivity contribution is 0.340. The third-order valence-corrected chi connectivity index (χ3v) is 6.48. The molecule has 108 valence electrons. The summed E-state index contributed by atoms with van der Waals surface area (Å²) in [7, 11) is -2.95. The molecule has 2 heterocycles. The lowest BCUT2D eigenvalue weighted by Gasteiger charge is -2.29. The summed E-state index contributed by atoms with van der Waals surface area (Å²) in [6, 6.07) is 0.239. The molecular formula is C13H22N2O2S2. The number of sulfone groups is 1. The van der Waals surface area contributed by atoms with Gasteiger partial charge in [-0.15, -0.1) is 11.3 Å². The van der Waals surface area contributed by atoms with Gasteiger partial charge >= 0.3 is 0 Å². The molecule has 4 nitrogen and oxygen atoms in total. The molecule has 0 radical (unpaired) electrons. The van der Waals surface area contributed by atoms with Crippen LogP contribution in [0.25, 0.3) is 0 Å². The molecule has 19 heavy (non-hydrogen) atoms. The largest absolute Gasteiger partial charge is 0.302 e. The minimum atomic E-state index is -2.95. The highest BCUT2D eigenvalue weighted by Crippen LogP contribution is 2.37. The van der Waals surface area contributed by atoms with Crippen molar-refractivity contribution in [2.24, 2.45) is 0 Å². The summed E-state index contributed by atoms with van der Waals surface area (Å²) in [4.78, 5) is 5.89. The van der Waals surface area contributed by atoms with Crippen molar-refractivity contribution in [2.45, 2.75) is 52.1 Å². The summed E-state index contributed by atoms with van der Waals surface area (Å²) in [6.07, 6.45) is 1.52. The normalized spacial score (nSPS) is 26.2. The average Bonchev–Trinajstić information content (AvgIpc) is 2.80. The van der Waals surface area contributed by atoms with E-state index in [4.69, 9.17) is 4.98 Å². The van der Waals surface area contributed by atoms with Gasteiger partial charge in [0.25, 0.3) is 0 Å². The molecule has 1 unspecified atom stereocenters. The van der Waals surface area contributed by atoms with Crippen LogP contribution in [0.4, 0.5) is 0 Å². The SMILES string of the molecule is CCc1nc(C2(NC(C)C)CCS(=O)(=O)C2)sc1C. The van der Waals surface area contributed by atoms with Crippen molar-refractivity contribution in [3.05, 3.63) is 15.6 Å². The first-order chi connectivity index (χ1) is 8.78. The number of thiazole rings is 1. The zero-order valence-corrected chi connectivity index (χ0v) is 13.6. The summed E-state index contributed by atoms with van der Waals surface area (Å²) < 4.78 is 23.8. The first-order valence-corrected chi connectivity index (χ1v) is 9.37. The van der Waals surface area contributed by atoms with Gasteiger partial charge < -0.3 is 5.32 Å². The maximum absolute atomic E-state index is 11.9. The van der Waals surface area contributed by atoms with Gasteiger partial charge in [-0.25, -0.2) is 13.4 Å². The number of hydrogen-bond donors (Lipinski definition) is 1. The van der Waals surface area contributed by atoms with E-state index < -0.39 is 15.4 Å². The predicted octanol–water partition coefficient (Wildman–Crippen LogP) is 2.03. The van der Waals surface area contributed by atoms with E-state index in [9.17, 15) is 8.42 Å². The lowest BCUT2D eigenvalue weighted by atomic mass is 9.98. The van der Waals surface area contributed by atoms with Crippen LogP contribution in [0.2, 0.25) is 0 Å². The molecule has 1 saturated heterocycles. The molecule has 0 aliphatic carbocycles. The second-order valence-electron chi connectivity index (χ2n) is 5.60. The van der Waals surface area contributed by atoms with Crippen LogP contribution in [0.1, 0.15) is 42.8 Å². The van der Waals surface area contributed by atoms with Gasteiger partial charge in [0, 0.05) is 10.9 Å². The van der Waals surface area contributed by atoms with Crippen LogP contribution >= 0.6 is 11.3 Å². The predicted molar refractivity (Wildman–Crippen MR) is 79.4 cm³/mol. The van der Waals surface area contributed by atoms with Gasteiger partial charge in [0.1, 0.15) is 5.01 Å². The van der Waals surface area contributed by atoms with Crippen molar-refractivity contribution in [3.8, 4) is 0 Å². The van der Waals surface area contributed by atoms with Gasteiger partial charge in [-0.1, -0.05) is 6.92 Å². The monoisotopic (exact) mass is 302 g/mol.